The molecule has 2 fully saturated rings. The first kappa shape index (κ1) is 17.3. The molecule has 5 atom stereocenters. The molecule has 0 saturated carbocycles. The van der Waals surface area contributed by atoms with Gasteiger partial charge in [-0.1, -0.05) is 13.1 Å². The highest BCUT2D eigenvalue weighted by atomic mass is 32.2. The Morgan fingerprint density at radius 2 is 2.05 bits per heavy atom. The fourth-order valence-electron chi connectivity index (χ4n) is 2.84. The number of carbonyl (C=O) groups is 1. The minimum atomic E-state index is -0.892. The minimum absolute atomic E-state index is 0.256. The van der Waals surface area contributed by atoms with Crippen molar-refractivity contribution >= 4 is 26.5 Å². The van der Waals surface area contributed by atoms with Gasteiger partial charge in [0.15, 0.2) is 6.10 Å². The van der Waals surface area contributed by atoms with E-state index < -0.39 is 43.2 Å². The average molecular weight is 334 g/mol. The topological polar surface area (TPSA) is 65.0 Å². The predicted octanol–water partition coefficient (Wildman–Crippen LogP) is 1.60. The van der Waals surface area contributed by atoms with Crippen molar-refractivity contribution in [2.24, 2.45) is 0 Å². The standard InChI is InChI=1S/C14H25O5SSi/c1-8(15)17-11-9-7-20-14(18-9,21(5)6)12(10(11)16)19-13(2,3)4/h9-12,16H,7H2,1-6H3/t9-,10+,11+,12-,14-/m1/s1. The van der Waals surface area contributed by atoms with Crippen molar-refractivity contribution in [2.75, 3.05) is 5.75 Å². The third-order valence-corrected chi connectivity index (χ3v) is 8.36. The second-order valence-electron chi connectivity index (χ2n) is 6.85. The Labute approximate surface area is 132 Å². The van der Waals surface area contributed by atoms with E-state index in [1.807, 2.05) is 20.8 Å². The fourth-order valence-corrected chi connectivity index (χ4v) is 6.64. The Balaban J connectivity index is 2.32. The van der Waals surface area contributed by atoms with Crippen LogP contribution in [-0.4, -0.2) is 60.2 Å². The molecule has 0 amide bonds. The lowest BCUT2D eigenvalue weighted by atomic mass is 9.99. The molecule has 0 aromatic carbocycles. The SMILES string of the molecule is CC(=O)O[C@@H]1[C@H](O)[C@@H](OC(C)(C)C)[C@@]2([Si](C)C)O[C@@H]1CS2. The van der Waals surface area contributed by atoms with Crippen molar-refractivity contribution < 1.29 is 24.1 Å². The normalized spacial score (nSPS) is 39.6. The molecule has 2 saturated heterocycles. The number of thioether (sulfide) groups is 1. The van der Waals surface area contributed by atoms with Gasteiger partial charge in [-0.25, -0.2) is 0 Å². The average Bonchev–Trinajstić information content (AvgIpc) is 2.72. The zero-order valence-corrected chi connectivity index (χ0v) is 15.3. The molecule has 2 rings (SSSR count). The van der Waals surface area contributed by atoms with Crippen LogP contribution in [-0.2, 0) is 19.0 Å². The molecule has 1 N–H and O–H groups in total. The number of ether oxygens (including phenoxy) is 3. The largest absolute Gasteiger partial charge is 0.457 e. The van der Waals surface area contributed by atoms with Crippen molar-refractivity contribution in [1.29, 1.82) is 0 Å². The summed E-state index contributed by atoms with van der Waals surface area (Å²) in [5, 5.41) is 10.8. The number of hydrogen-bond acceptors (Lipinski definition) is 6. The molecule has 0 spiro atoms. The van der Waals surface area contributed by atoms with E-state index in [0.29, 0.717) is 0 Å². The molecular weight excluding hydrogens is 308 g/mol. The Morgan fingerprint density at radius 1 is 1.43 bits per heavy atom. The van der Waals surface area contributed by atoms with E-state index in [1.165, 1.54) is 6.92 Å². The number of aliphatic hydroxyl groups excluding tert-OH is 1. The smallest absolute Gasteiger partial charge is 0.303 e. The van der Waals surface area contributed by atoms with Gasteiger partial charge < -0.3 is 19.3 Å². The molecule has 7 heteroatoms. The zero-order valence-electron chi connectivity index (χ0n) is 13.5. The maximum Gasteiger partial charge on any atom is 0.303 e. The molecule has 0 unspecified atom stereocenters. The summed E-state index contributed by atoms with van der Waals surface area (Å²) >= 11 is 1.70. The number of esters is 1. The minimum Gasteiger partial charge on any atom is -0.457 e. The van der Waals surface area contributed by atoms with Crippen molar-refractivity contribution in [1.82, 2.24) is 0 Å². The van der Waals surface area contributed by atoms with Crippen LogP contribution < -0.4 is 0 Å². The van der Waals surface area contributed by atoms with Crippen LogP contribution in [0, 0.1) is 0 Å². The van der Waals surface area contributed by atoms with Gasteiger partial charge in [0.05, 0.1) is 14.4 Å². The highest BCUT2D eigenvalue weighted by Crippen LogP contribution is 2.50. The van der Waals surface area contributed by atoms with E-state index in [1.54, 1.807) is 11.8 Å². The maximum atomic E-state index is 11.3. The first-order valence-electron chi connectivity index (χ1n) is 7.22. The van der Waals surface area contributed by atoms with Crippen LogP contribution in [0.3, 0.4) is 0 Å². The quantitative estimate of drug-likeness (QED) is 0.625. The van der Waals surface area contributed by atoms with Crippen LogP contribution in [0.15, 0.2) is 0 Å². The van der Waals surface area contributed by atoms with Crippen molar-refractivity contribution in [3.8, 4) is 0 Å². The molecule has 0 aromatic rings. The molecule has 5 nitrogen and oxygen atoms in total. The number of carbonyl (C=O) groups excluding carboxylic acids is 1. The lowest BCUT2D eigenvalue weighted by Crippen LogP contribution is -2.66. The lowest BCUT2D eigenvalue weighted by molar-refractivity contribution is -0.243. The van der Waals surface area contributed by atoms with Crippen LogP contribution in [0.25, 0.3) is 0 Å². The first-order valence-corrected chi connectivity index (χ1v) is 10.7. The van der Waals surface area contributed by atoms with Gasteiger partial charge in [0.25, 0.3) is 0 Å². The van der Waals surface area contributed by atoms with E-state index in [0.717, 1.165) is 5.75 Å². The molecular formula is C14H25O5SSi. The molecule has 2 aliphatic rings. The molecule has 1 radical (unpaired) electrons. The molecule has 2 bridgehead atoms. The summed E-state index contributed by atoms with van der Waals surface area (Å²) in [6, 6.07) is 0. The second kappa shape index (κ2) is 5.85. The summed E-state index contributed by atoms with van der Waals surface area (Å²) in [5.74, 6) is 0.314. The van der Waals surface area contributed by atoms with Crippen LogP contribution in [0.2, 0.25) is 13.1 Å². The highest BCUT2D eigenvalue weighted by molar-refractivity contribution is 8.02. The predicted molar refractivity (Wildman–Crippen MR) is 83.7 cm³/mol. The number of fused-ring (bicyclic) bond motifs is 2. The van der Waals surface area contributed by atoms with Gasteiger partial charge in [-0.05, 0) is 20.8 Å². The van der Waals surface area contributed by atoms with Gasteiger partial charge in [0.1, 0.15) is 22.9 Å². The molecule has 121 valence electrons. The van der Waals surface area contributed by atoms with E-state index in [-0.39, 0.29) is 6.10 Å². The first-order chi connectivity index (χ1) is 9.57. The second-order valence-corrected chi connectivity index (χ2v) is 11.2. The van der Waals surface area contributed by atoms with E-state index >= 15 is 0 Å². The Kier molecular flexibility index (Phi) is 4.81. The summed E-state index contributed by atoms with van der Waals surface area (Å²) in [5.41, 5.74) is -0.407. The van der Waals surface area contributed by atoms with Gasteiger partial charge >= 0.3 is 5.97 Å². The van der Waals surface area contributed by atoms with Crippen LogP contribution >= 0.6 is 11.8 Å². The van der Waals surface area contributed by atoms with Crippen molar-refractivity contribution in [3.63, 3.8) is 0 Å². The summed E-state index contributed by atoms with van der Waals surface area (Å²) in [7, 11) is -0.892. The molecule has 0 aliphatic carbocycles. The highest BCUT2D eigenvalue weighted by Gasteiger charge is 2.63. The van der Waals surface area contributed by atoms with E-state index in [2.05, 4.69) is 13.1 Å². The number of hydrogen-bond donors (Lipinski definition) is 1. The van der Waals surface area contributed by atoms with Crippen LogP contribution in [0.4, 0.5) is 0 Å². The number of rotatable bonds is 3. The third-order valence-electron chi connectivity index (χ3n) is 3.66. The summed E-state index contributed by atoms with van der Waals surface area (Å²) in [6.45, 7) is 11.5. The summed E-state index contributed by atoms with van der Waals surface area (Å²) in [6.07, 6.45) is -2.26. The van der Waals surface area contributed by atoms with Gasteiger partial charge in [-0.3, -0.25) is 4.79 Å². The van der Waals surface area contributed by atoms with Gasteiger partial charge in [0, 0.05) is 12.7 Å². The van der Waals surface area contributed by atoms with E-state index in [4.69, 9.17) is 14.2 Å². The molecule has 2 heterocycles. The number of aliphatic hydroxyl groups is 1. The maximum absolute atomic E-state index is 11.3. The third kappa shape index (κ3) is 3.31. The Bertz CT molecular complexity index is 411. The van der Waals surface area contributed by atoms with Gasteiger partial charge in [-0.2, -0.15) is 0 Å². The van der Waals surface area contributed by atoms with Crippen LogP contribution in [0.1, 0.15) is 27.7 Å². The molecule has 0 aromatic heterocycles. The lowest BCUT2D eigenvalue weighted by Gasteiger charge is -2.49. The van der Waals surface area contributed by atoms with Crippen LogP contribution in [0.5, 0.6) is 0 Å². The van der Waals surface area contributed by atoms with Gasteiger partial charge in [-0.15, -0.1) is 11.8 Å². The van der Waals surface area contributed by atoms with E-state index in [9.17, 15) is 9.90 Å². The summed E-state index contributed by atoms with van der Waals surface area (Å²) in [4.78, 5) is 11.3. The van der Waals surface area contributed by atoms with Crippen molar-refractivity contribution in [2.45, 2.75) is 75.4 Å². The zero-order chi connectivity index (χ0) is 16.0. The van der Waals surface area contributed by atoms with Gasteiger partial charge in [0.2, 0.25) is 0 Å². The fraction of sp³-hybridized carbons (Fsp3) is 0.929. The van der Waals surface area contributed by atoms with Crippen molar-refractivity contribution in [3.05, 3.63) is 0 Å². The Morgan fingerprint density at radius 3 is 2.52 bits per heavy atom. The monoisotopic (exact) mass is 333 g/mol. The molecule has 21 heavy (non-hydrogen) atoms. The Hall–Kier alpha value is -0.0831. The molecule has 2 aliphatic heterocycles. The summed E-state index contributed by atoms with van der Waals surface area (Å²) < 4.78 is 17.2.